The summed E-state index contributed by atoms with van der Waals surface area (Å²) in [6.45, 7) is 1.57. The van der Waals surface area contributed by atoms with Gasteiger partial charge in [0.2, 0.25) is 0 Å². The molecular formula is C21H25N5O2. The number of aromatic nitrogens is 3. The van der Waals surface area contributed by atoms with E-state index in [0.29, 0.717) is 38.0 Å². The Morgan fingerprint density at radius 1 is 1.21 bits per heavy atom. The van der Waals surface area contributed by atoms with Crippen LogP contribution in [0, 0.1) is 0 Å². The summed E-state index contributed by atoms with van der Waals surface area (Å²) in [6.07, 6.45) is 8.33. The van der Waals surface area contributed by atoms with Gasteiger partial charge in [-0.15, -0.1) is 0 Å². The second-order valence-electron chi connectivity index (χ2n) is 7.69. The third-order valence-corrected chi connectivity index (χ3v) is 5.47. The average Bonchev–Trinajstić information content (AvgIpc) is 3.10. The molecule has 0 atom stereocenters. The maximum Gasteiger partial charge on any atom is 0.254 e. The lowest BCUT2D eigenvalue weighted by Gasteiger charge is -2.38. The SMILES string of the molecule is CN(C)c1cc(C(=O)N2CCC(O)(Cn3ccc4ccncc43)CC2)ccn1. The van der Waals surface area contributed by atoms with E-state index in [4.69, 9.17) is 0 Å². The lowest BCUT2D eigenvalue weighted by Crippen LogP contribution is -2.48. The van der Waals surface area contributed by atoms with E-state index < -0.39 is 5.60 Å². The van der Waals surface area contributed by atoms with Crippen molar-refractivity contribution in [3.05, 3.63) is 54.6 Å². The average molecular weight is 379 g/mol. The van der Waals surface area contributed by atoms with Gasteiger partial charge in [0.15, 0.2) is 0 Å². The highest BCUT2D eigenvalue weighted by molar-refractivity contribution is 5.95. The molecule has 1 saturated heterocycles. The molecule has 28 heavy (non-hydrogen) atoms. The summed E-state index contributed by atoms with van der Waals surface area (Å²) in [5.41, 5.74) is 0.820. The first-order valence-corrected chi connectivity index (χ1v) is 9.49. The molecule has 1 aliphatic heterocycles. The predicted octanol–water partition coefficient (Wildman–Crippen LogP) is 2.16. The summed E-state index contributed by atoms with van der Waals surface area (Å²) in [4.78, 5) is 25.0. The van der Waals surface area contributed by atoms with E-state index in [1.165, 1.54) is 0 Å². The molecule has 7 heteroatoms. The van der Waals surface area contributed by atoms with Crippen LogP contribution in [0.15, 0.2) is 49.1 Å². The fourth-order valence-electron chi connectivity index (χ4n) is 3.75. The van der Waals surface area contributed by atoms with Crippen LogP contribution in [0.3, 0.4) is 0 Å². The van der Waals surface area contributed by atoms with Crippen LogP contribution >= 0.6 is 0 Å². The maximum atomic E-state index is 12.9. The van der Waals surface area contributed by atoms with Gasteiger partial charge in [-0.05, 0) is 37.1 Å². The van der Waals surface area contributed by atoms with E-state index in [9.17, 15) is 9.90 Å². The van der Waals surface area contributed by atoms with Crippen molar-refractivity contribution in [2.45, 2.75) is 25.0 Å². The molecule has 0 spiro atoms. The van der Waals surface area contributed by atoms with Crippen molar-refractivity contribution in [3.8, 4) is 0 Å². The summed E-state index contributed by atoms with van der Waals surface area (Å²) in [5.74, 6) is 0.746. The smallest absolute Gasteiger partial charge is 0.254 e. The molecule has 0 radical (unpaired) electrons. The summed E-state index contributed by atoms with van der Waals surface area (Å²) in [5, 5.41) is 12.2. The van der Waals surface area contributed by atoms with Crippen molar-refractivity contribution in [1.82, 2.24) is 19.4 Å². The van der Waals surface area contributed by atoms with Crippen molar-refractivity contribution < 1.29 is 9.90 Å². The molecule has 0 bridgehead atoms. The number of nitrogens with zero attached hydrogens (tertiary/aromatic N) is 5. The summed E-state index contributed by atoms with van der Waals surface area (Å²) in [7, 11) is 3.80. The molecule has 3 aromatic heterocycles. The van der Waals surface area contributed by atoms with Crippen LogP contribution in [-0.4, -0.2) is 63.2 Å². The van der Waals surface area contributed by atoms with Crippen molar-refractivity contribution in [2.75, 3.05) is 32.1 Å². The molecule has 0 aliphatic carbocycles. The summed E-state index contributed by atoms with van der Waals surface area (Å²) < 4.78 is 2.05. The topological polar surface area (TPSA) is 74.5 Å². The zero-order valence-corrected chi connectivity index (χ0v) is 16.2. The number of likely N-dealkylation sites (tertiary alicyclic amines) is 1. The van der Waals surface area contributed by atoms with E-state index in [1.807, 2.05) is 59.1 Å². The van der Waals surface area contributed by atoms with Gasteiger partial charge in [0.25, 0.3) is 5.91 Å². The van der Waals surface area contributed by atoms with E-state index >= 15 is 0 Å². The first-order chi connectivity index (χ1) is 13.5. The largest absolute Gasteiger partial charge is 0.388 e. The Morgan fingerprint density at radius 3 is 2.75 bits per heavy atom. The number of pyridine rings is 2. The Morgan fingerprint density at radius 2 is 2.00 bits per heavy atom. The van der Waals surface area contributed by atoms with E-state index in [2.05, 4.69) is 9.97 Å². The van der Waals surface area contributed by atoms with Gasteiger partial charge in [-0.2, -0.15) is 0 Å². The fourth-order valence-corrected chi connectivity index (χ4v) is 3.75. The Hall–Kier alpha value is -2.93. The van der Waals surface area contributed by atoms with Crippen LogP contribution in [0.1, 0.15) is 23.2 Å². The van der Waals surface area contributed by atoms with Crippen molar-refractivity contribution in [1.29, 1.82) is 0 Å². The molecule has 1 N–H and O–H groups in total. The van der Waals surface area contributed by atoms with E-state index in [-0.39, 0.29) is 5.91 Å². The molecule has 1 amide bonds. The zero-order chi connectivity index (χ0) is 19.7. The minimum absolute atomic E-state index is 0.0110. The highest BCUT2D eigenvalue weighted by Crippen LogP contribution is 2.27. The number of hydrogen-bond donors (Lipinski definition) is 1. The molecule has 7 nitrogen and oxygen atoms in total. The van der Waals surface area contributed by atoms with Gasteiger partial charge in [-0.3, -0.25) is 9.78 Å². The Bertz CT molecular complexity index is 989. The van der Waals surface area contributed by atoms with E-state index in [1.54, 1.807) is 18.5 Å². The molecule has 0 saturated carbocycles. The number of carbonyl (C=O) groups is 1. The Kier molecular flexibility index (Phi) is 4.77. The molecule has 3 aromatic rings. The van der Waals surface area contributed by atoms with Gasteiger partial charge in [-0.1, -0.05) is 0 Å². The molecule has 146 valence electrons. The molecular weight excluding hydrogens is 354 g/mol. The summed E-state index contributed by atoms with van der Waals surface area (Å²) in [6, 6.07) is 7.55. The van der Waals surface area contributed by atoms with Gasteiger partial charge >= 0.3 is 0 Å². The van der Waals surface area contributed by atoms with Crippen LogP contribution in [0.25, 0.3) is 10.9 Å². The number of piperidine rings is 1. The fraction of sp³-hybridized carbons (Fsp3) is 0.381. The maximum absolute atomic E-state index is 12.9. The number of hydrogen-bond acceptors (Lipinski definition) is 5. The Labute approximate surface area is 164 Å². The third kappa shape index (κ3) is 3.57. The van der Waals surface area contributed by atoms with Crippen LogP contribution in [0.2, 0.25) is 0 Å². The highest BCUT2D eigenvalue weighted by Gasteiger charge is 2.34. The van der Waals surface area contributed by atoms with Crippen molar-refractivity contribution in [2.24, 2.45) is 0 Å². The predicted molar refractivity (Wildman–Crippen MR) is 108 cm³/mol. The zero-order valence-electron chi connectivity index (χ0n) is 16.2. The molecule has 4 rings (SSSR count). The van der Waals surface area contributed by atoms with E-state index in [0.717, 1.165) is 16.7 Å². The first-order valence-electron chi connectivity index (χ1n) is 9.49. The number of carbonyl (C=O) groups excluding carboxylic acids is 1. The normalized spacial score (nSPS) is 16.3. The summed E-state index contributed by atoms with van der Waals surface area (Å²) >= 11 is 0. The van der Waals surface area contributed by atoms with Crippen LogP contribution < -0.4 is 4.90 Å². The number of anilines is 1. The minimum atomic E-state index is -0.828. The third-order valence-electron chi connectivity index (χ3n) is 5.47. The van der Waals surface area contributed by atoms with Crippen LogP contribution in [0.5, 0.6) is 0 Å². The van der Waals surface area contributed by atoms with Gasteiger partial charge < -0.3 is 19.5 Å². The lowest BCUT2D eigenvalue weighted by molar-refractivity contribution is -0.0283. The van der Waals surface area contributed by atoms with Crippen molar-refractivity contribution >= 4 is 22.6 Å². The second-order valence-corrected chi connectivity index (χ2v) is 7.69. The van der Waals surface area contributed by atoms with Gasteiger partial charge in [0.1, 0.15) is 5.82 Å². The van der Waals surface area contributed by atoms with Crippen LogP contribution in [-0.2, 0) is 6.54 Å². The first kappa shape index (κ1) is 18.4. The number of rotatable bonds is 4. The molecule has 4 heterocycles. The monoisotopic (exact) mass is 379 g/mol. The van der Waals surface area contributed by atoms with Gasteiger partial charge in [0.05, 0.1) is 23.9 Å². The molecule has 1 aliphatic rings. The standard InChI is InChI=1S/C21H25N5O2/c1-24(2)19-13-17(4-9-23-19)20(27)25-11-6-21(28,7-12-25)15-26-10-5-16-3-8-22-14-18(16)26/h3-5,8-10,13-14,28H,6-7,11-12,15H2,1-2H3. The molecule has 0 unspecified atom stereocenters. The lowest BCUT2D eigenvalue weighted by atomic mass is 9.91. The van der Waals surface area contributed by atoms with Crippen LogP contribution in [0.4, 0.5) is 5.82 Å². The van der Waals surface area contributed by atoms with Gasteiger partial charge in [0, 0.05) is 56.7 Å². The van der Waals surface area contributed by atoms with Crippen molar-refractivity contribution in [3.63, 3.8) is 0 Å². The second kappa shape index (κ2) is 7.24. The highest BCUT2D eigenvalue weighted by atomic mass is 16.3. The number of fused-ring (bicyclic) bond motifs is 1. The quantitative estimate of drug-likeness (QED) is 0.752. The number of aliphatic hydroxyl groups is 1. The Balaban J connectivity index is 1.43. The number of amides is 1. The minimum Gasteiger partial charge on any atom is -0.388 e. The molecule has 1 fully saturated rings. The van der Waals surface area contributed by atoms with Gasteiger partial charge in [-0.25, -0.2) is 4.98 Å². The molecule has 0 aromatic carbocycles.